The summed E-state index contributed by atoms with van der Waals surface area (Å²) in [4.78, 5) is 12.6. The predicted octanol–water partition coefficient (Wildman–Crippen LogP) is -0.457. The van der Waals surface area contributed by atoms with Crippen LogP contribution in [0, 0.1) is 0 Å². The van der Waals surface area contributed by atoms with E-state index in [1.165, 1.54) is 0 Å². The van der Waals surface area contributed by atoms with Crippen LogP contribution >= 0.6 is 0 Å². The Morgan fingerprint density at radius 1 is 1.64 bits per heavy atom. The zero-order chi connectivity index (χ0) is 10.6. The Bertz CT molecular complexity index is 197. The molecule has 0 spiro atoms. The van der Waals surface area contributed by atoms with Crippen LogP contribution in [-0.4, -0.2) is 60.0 Å². The Morgan fingerprint density at radius 3 is 2.93 bits per heavy atom. The number of aliphatic hydroxyl groups is 1. The molecule has 14 heavy (non-hydrogen) atoms. The fraction of sp³-hybridized carbons (Fsp3) is 0.889. The standard InChI is InChI=1S/C9H17NO4/c1-14-4-2-3-10-6-7(11)5-8(10)9(12)13/h7-8,11H,2-6H2,1H3,(H,12,13). The number of carboxylic acid groups (broad SMARTS) is 1. The first kappa shape index (κ1) is 11.4. The summed E-state index contributed by atoms with van der Waals surface area (Å²) in [6, 6.07) is -0.526. The predicted molar refractivity (Wildman–Crippen MR) is 50.1 cm³/mol. The maximum Gasteiger partial charge on any atom is 0.321 e. The van der Waals surface area contributed by atoms with E-state index in [1.54, 1.807) is 12.0 Å². The second-order valence-corrected chi connectivity index (χ2v) is 3.58. The lowest BCUT2D eigenvalue weighted by Gasteiger charge is -2.20. The quantitative estimate of drug-likeness (QED) is 0.592. The maximum absolute atomic E-state index is 10.8. The molecule has 0 aliphatic carbocycles. The van der Waals surface area contributed by atoms with Crippen molar-refractivity contribution in [3.63, 3.8) is 0 Å². The SMILES string of the molecule is COCCCN1CC(O)CC1C(=O)O. The van der Waals surface area contributed by atoms with Gasteiger partial charge in [-0.25, -0.2) is 0 Å². The Balaban J connectivity index is 2.37. The number of likely N-dealkylation sites (tertiary alicyclic amines) is 1. The van der Waals surface area contributed by atoms with Crippen LogP contribution in [0.15, 0.2) is 0 Å². The number of ether oxygens (including phenoxy) is 1. The summed E-state index contributed by atoms with van der Waals surface area (Å²) in [5, 5.41) is 18.2. The molecule has 0 amide bonds. The molecule has 5 nitrogen and oxygen atoms in total. The van der Waals surface area contributed by atoms with Crippen LogP contribution in [0.4, 0.5) is 0 Å². The summed E-state index contributed by atoms with van der Waals surface area (Å²) >= 11 is 0. The first-order chi connectivity index (χ1) is 6.65. The van der Waals surface area contributed by atoms with Gasteiger partial charge in [0.25, 0.3) is 0 Å². The van der Waals surface area contributed by atoms with Gasteiger partial charge in [-0.2, -0.15) is 0 Å². The molecular formula is C9H17NO4. The fourth-order valence-electron chi connectivity index (χ4n) is 1.80. The Kier molecular flexibility index (Phi) is 4.31. The van der Waals surface area contributed by atoms with Gasteiger partial charge in [0, 0.05) is 33.2 Å². The molecule has 0 saturated carbocycles. The van der Waals surface area contributed by atoms with Gasteiger partial charge in [0.1, 0.15) is 6.04 Å². The van der Waals surface area contributed by atoms with Gasteiger partial charge in [-0.3, -0.25) is 9.69 Å². The molecule has 0 aromatic heterocycles. The third-order valence-corrected chi connectivity index (χ3v) is 2.46. The first-order valence-corrected chi connectivity index (χ1v) is 4.79. The number of nitrogens with zero attached hydrogens (tertiary/aromatic N) is 1. The highest BCUT2D eigenvalue weighted by Crippen LogP contribution is 2.17. The molecule has 1 aliphatic rings. The normalized spacial score (nSPS) is 28.1. The van der Waals surface area contributed by atoms with Crippen LogP contribution in [0.1, 0.15) is 12.8 Å². The minimum absolute atomic E-state index is 0.336. The second kappa shape index (κ2) is 5.29. The zero-order valence-corrected chi connectivity index (χ0v) is 8.35. The van der Waals surface area contributed by atoms with Crippen molar-refractivity contribution in [2.45, 2.75) is 25.0 Å². The van der Waals surface area contributed by atoms with Gasteiger partial charge in [0.2, 0.25) is 0 Å². The number of hydrogen-bond acceptors (Lipinski definition) is 4. The average Bonchev–Trinajstić information content (AvgIpc) is 2.47. The van der Waals surface area contributed by atoms with Crippen LogP contribution < -0.4 is 0 Å². The van der Waals surface area contributed by atoms with Crippen molar-refractivity contribution in [2.75, 3.05) is 26.8 Å². The first-order valence-electron chi connectivity index (χ1n) is 4.79. The van der Waals surface area contributed by atoms with E-state index in [0.717, 1.165) is 6.42 Å². The van der Waals surface area contributed by atoms with Crippen LogP contribution in [0.3, 0.4) is 0 Å². The number of rotatable bonds is 5. The van der Waals surface area contributed by atoms with Crippen LogP contribution in [0.25, 0.3) is 0 Å². The number of methoxy groups -OCH3 is 1. The molecular weight excluding hydrogens is 186 g/mol. The summed E-state index contributed by atoms with van der Waals surface area (Å²) in [5.41, 5.74) is 0. The molecule has 82 valence electrons. The van der Waals surface area contributed by atoms with Gasteiger partial charge >= 0.3 is 5.97 Å². The van der Waals surface area contributed by atoms with Crippen molar-refractivity contribution in [1.29, 1.82) is 0 Å². The van der Waals surface area contributed by atoms with Gasteiger partial charge in [0.05, 0.1) is 6.10 Å². The number of carboxylic acids is 1. The Morgan fingerprint density at radius 2 is 2.36 bits per heavy atom. The van der Waals surface area contributed by atoms with E-state index in [9.17, 15) is 9.90 Å². The summed E-state index contributed by atoms with van der Waals surface area (Å²) in [6.45, 7) is 1.75. The lowest BCUT2D eigenvalue weighted by Crippen LogP contribution is -2.36. The topological polar surface area (TPSA) is 70.0 Å². The largest absolute Gasteiger partial charge is 0.480 e. The Labute approximate surface area is 83.3 Å². The summed E-state index contributed by atoms with van der Waals surface area (Å²) in [5.74, 6) is -0.848. The van der Waals surface area contributed by atoms with Gasteiger partial charge < -0.3 is 14.9 Å². The van der Waals surface area contributed by atoms with Crippen molar-refractivity contribution in [3.8, 4) is 0 Å². The summed E-state index contributed by atoms with van der Waals surface area (Å²) < 4.78 is 4.89. The average molecular weight is 203 g/mol. The minimum atomic E-state index is -0.848. The highest BCUT2D eigenvalue weighted by molar-refractivity contribution is 5.74. The number of aliphatic hydroxyl groups excluding tert-OH is 1. The molecule has 5 heteroatoms. The fourth-order valence-corrected chi connectivity index (χ4v) is 1.80. The maximum atomic E-state index is 10.8. The van der Waals surface area contributed by atoms with Gasteiger partial charge in [-0.15, -0.1) is 0 Å². The number of carbonyl (C=O) groups is 1. The van der Waals surface area contributed by atoms with E-state index in [1.807, 2.05) is 0 Å². The Hall–Kier alpha value is -0.650. The van der Waals surface area contributed by atoms with Gasteiger partial charge in [0.15, 0.2) is 0 Å². The van der Waals surface area contributed by atoms with Crippen LogP contribution in [-0.2, 0) is 9.53 Å². The summed E-state index contributed by atoms with van der Waals surface area (Å²) in [6.07, 6.45) is 0.633. The molecule has 2 N–H and O–H groups in total. The van der Waals surface area contributed by atoms with Gasteiger partial charge in [-0.1, -0.05) is 0 Å². The number of aliphatic carboxylic acids is 1. The lowest BCUT2D eigenvalue weighted by molar-refractivity contribution is -0.142. The number of β-amino-alcohol motifs (C(OH)–C–C–N with tert-alkyl or cyclic N) is 1. The van der Waals surface area contributed by atoms with E-state index < -0.39 is 18.1 Å². The van der Waals surface area contributed by atoms with Crippen molar-refractivity contribution in [3.05, 3.63) is 0 Å². The van der Waals surface area contributed by atoms with Crippen LogP contribution in [0.5, 0.6) is 0 Å². The highest BCUT2D eigenvalue weighted by atomic mass is 16.5. The molecule has 2 unspecified atom stereocenters. The zero-order valence-electron chi connectivity index (χ0n) is 8.35. The van der Waals surface area contributed by atoms with E-state index in [4.69, 9.17) is 9.84 Å². The minimum Gasteiger partial charge on any atom is -0.480 e. The molecule has 1 rings (SSSR count). The van der Waals surface area contributed by atoms with E-state index in [2.05, 4.69) is 0 Å². The molecule has 0 bridgehead atoms. The van der Waals surface area contributed by atoms with Crippen molar-refractivity contribution < 1.29 is 19.7 Å². The van der Waals surface area contributed by atoms with E-state index in [-0.39, 0.29) is 0 Å². The summed E-state index contributed by atoms with van der Waals surface area (Å²) in [7, 11) is 1.62. The van der Waals surface area contributed by atoms with Crippen LogP contribution in [0.2, 0.25) is 0 Å². The van der Waals surface area contributed by atoms with Crippen molar-refractivity contribution >= 4 is 5.97 Å². The highest BCUT2D eigenvalue weighted by Gasteiger charge is 2.35. The molecule has 1 saturated heterocycles. The van der Waals surface area contributed by atoms with E-state index >= 15 is 0 Å². The third-order valence-electron chi connectivity index (χ3n) is 2.46. The smallest absolute Gasteiger partial charge is 0.321 e. The molecule has 1 fully saturated rings. The molecule has 0 aromatic carbocycles. The van der Waals surface area contributed by atoms with Gasteiger partial charge in [-0.05, 0) is 6.42 Å². The molecule has 2 atom stereocenters. The molecule has 0 radical (unpaired) electrons. The molecule has 0 aromatic rings. The van der Waals surface area contributed by atoms with E-state index in [0.29, 0.717) is 26.1 Å². The molecule has 1 heterocycles. The second-order valence-electron chi connectivity index (χ2n) is 3.58. The lowest BCUT2D eigenvalue weighted by atomic mass is 10.2. The number of hydrogen-bond donors (Lipinski definition) is 2. The van der Waals surface area contributed by atoms with Crippen molar-refractivity contribution in [1.82, 2.24) is 4.90 Å². The third kappa shape index (κ3) is 2.94. The van der Waals surface area contributed by atoms with Crippen molar-refractivity contribution in [2.24, 2.45) is 0 Å². The monoisotopic (exact) mass is 203 g/mol. The molecule has 1 aliphatic heterocycles.